The summed E-state index contributed by atoms with van der Waals surface area (Å²) in [4.78, 5) is 11.9. The largest absolute Gasteiger partial charge is 0.493 e. The second-order valence-corrected chi connectivity index (χ2v) is 5.46. The standard InChI is InChI=1S/C13H13BrN4O2/c14-9-3-7-1-2-20-12(7)8(4-9)6-16-13(19)10-5-11(15)18-17-10/h3-5H,1-2,6H2,(H,16,19)(H3,15,17,18). The fraction of sp³-hybridized carbons (Fsp3) is 0.231. The highest BCUT2D eigenvalue weighted by Crippen LogP contribution is 2.32. The Morgan fingerprint density at radius 3 is 3.10 bits per heavy atom. The van der Waals surface area contributed by atoms with Gasteiger partial charge in [0.15, 0.2) is 0 Å². The van der Waals surface area contributed by atoms with E-state index in [-0.39, 0.29) is 5.91 Å². The molecular weight excluding hydrogens is 324 g/mol. The third kappa shape index (κ3) is 2.49. The lowest BCUT2D eigenvalue weighted by atomic mass is 10.1. The zero-order valence-corrected chi connectivity index (χ0v) is 12.2. The number of anilines is 1. The number of carbonyl (C=O) groups is 1. The highest BCUT2D eigenvalue weighted by Gasteiger charge is 2.18. The molecule has 3 rings (SSSR count). The van der Waals surface area contributed by atoms with E-state index in [1.807, 2.05) is 12.1 Å². The Labute approximate surface area is 123 Å². The Balaban J connectivity index is 1.74. The van der Waals surface area contributed by atoms with Crippen molar-refractivity contribution in [1.29, 1.82) is 0 Å². The van der Waals surface area contributed by atoms with E-state index in [0.29, 0.717) is 24.7 Å². The van der Waals surface area contributed by atoms with Gasteiger partial charge in [0.2, 0.25) is 0 Å². The average Bonchev–Trinajstić information content (AvgIpc) is 3.03. The molecule has 1 amide bonds. The third-order valence-corrected chi connectivity index (χ3v) is 3.56. The van der Waals surface area contributed by atoms with Crippen LogP contribution in [0.2, 0.25) is 0 Å². The summed E-state index contributed by atoms with van der Waals surface area (Å²) < 4.78 is 6.60. The van der Waals surface area contributed by atoms with E-state index in [4.69, 9.17) is 10.5 Å². The van der Waals surface area contributed by atoms with Gasteiger partial charge in [-0.25, -0.2) is 0 Å². The van der Waals surface area contributed by atoms with Gasteiger partial charge >= 0.3 is 0 Å². The van der Waals surface area contributed by atoms with Crippen molar-refractivity contribution >= 4 is 27.7 Å². The highest BCUT2D eigenvalue weighted by molar-refractivity contribution is 9.10. The number of carbonyl (C=O) groups excluding carboxylic acids is 1. The minimum atomic E-state index is -0.249. The molecule has 20 heavy (non-hydrogen) atoms. The summed E-state index contributed by atoms with van der Waals surface area (Å²) in [6.45, 7) is 1.07. The van der Waals surface area contributed by atoms with E-state index >= 15 is 0 Å². The van der Waals surface area contributed by atoms with Crippen molar-refractivity contribution in [3.63, 3.8) is 0 Å². The molecule has 0 bridgehead atoms. The number of ether oxygens (including phenoxy) is 1. The maximum atomic E-state index is 11.9. The molecule has 7 heteroatoms. The van der Waals surface area contributed by atoms with Crippen LogP contribution < -0.4 is 15.8 Å². The SMILES string of the molecule is Nc1cc(C(=O)NCc2cc(Br)cc3c2OCC3)[nH]n1. The molecule has 0 fully saturated rings. The molecule has 1 aromatic heterocycles. The van der Waals surface area contributed by atoms with E-state index in [9.17, 15) is 4.79 Å². The summed E-state index contributed by atoms with van der Waals surface area (Å²) in [6, 6.07) is 5.49. The summed E-state index contributed by atoms with van der Waals surface area (Å²) in [5, 5.41) is 9.12. The van der Waals surface area contributed by atoms with Crippen LogP contribution in [0.25, 0.3) is 0 Å². The van der Waals surface area contributed by atoms with E-state index in [1.165, 1.54) is 6.07 Å². The van der Waals surface area contributed by atoms with Crippen LogP contribution >= 0.6 is 15.9 Å². The van der Waals surface area contributed by atoms with Crippen molar-refractivity contribution in [2.45, 2.75) is 13.0 Å². The van der Waals surface area contributed by atoms with Crippen LogP contribution in [-0.4, -0.2) is 22.7 Å². The number of rotatable bonds is 3. The number of aromatic nitrogens is 2. The number of fused-ring (bicyclic) bond motifs is 1. The van der Waals surface area contributed by atoms with E-state index < -0.39 is 0 Å². The van der Waals surface area contributed by atoms with E-state index in [2.05, 4.69) is 31.4 Å². The molecule has 1 aliphatic rings. The number of nitrogens with one attached hydrogen (secondary N) is 2. The molecule has 0 spiro atoms. The molecule has 0 saturated carbocycles. The number of nitrogens with zero attached hydrogens (tertiary/aromatic N) is 1. The van der Waals surface area contributed by atoms with E-state index in [1.54, 1.807) is 0 Å². The Kier molecular flexibility index (Phi) is 3.35. The fourth-order valence-corrected chi connectivity index (χ4v) is 2.75. The Morgan fingerprint density at radius 2 is 2.35 bits per heavy atom. The van der Waals surface area contributed by atoms with E-state index in [0.717, 1.165) is 27.8 Å². The summed E-state index contributed by atoms with van der Waals surface area (Å²) in [5.41, 5.74) is 7.92. The van der Waals surface area contributed by atoms with Gasteiger partial charge < -0.3 is 15.8 Å². The molecule has 6 nitrogen and oxygen atoms in total. The first kappa shape index (κ1) is 13.0. The topological polar surface area (TPSA) is 93.0 Å². The lowest BCUT2D eigenvalue weighted by molar-refractivity contribution is 0.0945. The van der Waals surface area contributed by atoms with Crippen molar-refractivity contribution < 1.29 is 9.53 Å². The Morgan fingerprint density at radius 1 is 1.50 bits per heavy atom. The number of H-pyrrole nitrogens is 1. The van der Waals surface area contributed by atoms with Crippen LogP contribution in [0.4, 0.5) is 5.82 Å². The smallest absolute Gasteiger partial charge is 0.269 e. The monoisotopic (exact) mass is 336 g/mol. The molecule has 104 valence electrons. The lowest BCUT2D eigenvalue weighted by Crippen LogP contribution is -2.23. The number of nitrogen functional groups attached to an aromatic ring is 1. The van der Waals surface area contributed by atoms with Gasteiger partial charge in [-0.3, -0.25) is 9.89 Å². The zero-order valence-electron chi connectivity index (χ0n) is 10.6. The summed E-state index contributed by atoms with van der Waals surface area (Å²) >= 11 is 3.47. The van der Waals surface area contributed by atoms with Crippen LogP contribution in [0, 0.1) is 0 Å². The number of benzene rings is 1. The number of halogens is 1. The molecular formula is C13H13BrN4O2. The molecule has 2 aromatic rings. The van der Waals surface area contributed by atoms with Gasteiger partial charge in [0.25, 0.3) is 5.91 Å². The molecule has 0 atom stereocenters. The molecule has 0 radical (unpaired) electrons. The average molecular weight is 337 g/mol. The predicted octanol–water partition coefficient (Wildman–Crippen LogP) is 1.62. The molecule has 0 saturated heterocycles. The van der Waals surface area contributed by atoms with Crippen LogP contribution in [0.3, 0.4) is 0 Å². The van der Waals surface area contributed by atoms with Gasteiger partial charge in [-0.2, -0.15) is 5.10 Å². The summed E-state index contributed by atoms with van der Waals surface area (Å²) in [7, 11) is 0. The minimum Gasteiger partial charge on any atom is -0.493 e. The summed E-state index contributed by atoms with van der Waals surface area (Å²) in [6.07, 6.45) is 0.896. The first-order valence-electron chi connectivity index (χ1n) is 6.16. The van der Waals surface area contributed by atoms with Crippen molar-refractivity contribution in [3.05, 3.63) is 39.5 Å². The maximum Gasteiger partial charge on any atom is 0.269 e. The Bertz CT molecular complexity index is 668. The number of nitrogens with two attached hydrogens (primary N) is 1. The van der Waals surface area contributed by atoms with Crippen LogP contribution in [0.1, 0.15) is 21.6 Å². The van der Waals surface area contributed by atoms with Gasteiger partial charge in [-0.15, -0.1) is 0 Å². The van der Waals surface area contributed by atoms with Gasteiger partial charge in [0.05, 0.1) is 6.61 Å². The third-order valence-electron chi connectivity index (χ3n) is 3.11. The number of hydrogen-bond donors (Lipinski definition) is 3. The summed E-state index contributed by atoms with van der Waals surface area (Å²) in [5.74, 6) is 0.917. The number of aromatic amines is 1. The minimum absolute atomic E-state index is 0.249. The highest BCUT2D eigenvalue weighted by atomic mass is 79.9. The van der Waals surface area contributed by atoms with Crippen molar-refractivity contribution in [3.8, 4) is 5.75 Å². The van der Waals surface area contributed by atoms with Crippen LogP contribution in [-0.2, 0) is 13.0 Å². The molecule has 0 unspecified atom stereocenters. The second kappa shape index (κ2) is 5.16. The van der Waals surface area contributed by atoms with Crippen molar-refractivity contribution in [2.75, 3.05) is 12.3 Å². The van der Waals surface area contributed by atoms with Crippen LogP contribution in [0.5, 0.6) is 5.75 Å². The van der Waals surface area contributed by atoms with Gasteiger partial charge in [-0.05, 0) is 17.7 Å². The van der Waals surface area contributed by atoms with Crippen molar-refractivity contribution in [2.24, 2.45) is 0 Å². The van der Waals surface area contributed by atoms with Gasteiger partial charge in [0.1, 0.15) is 17.3 Å². The zero-order chi connectivity index (χ0) is 14.1. The molecule has 0 aliphatic carbocycles. The first-order valence-corrected chi connectivity index (χ1v) is 6.96. The first-order chi connectivity index (χ1) is 9.63. The second-order valence-electron chi connectivity index (χ2n) is 4.54. The predicted molar refractivity (Wildman–Crippen MR) is 77.5 cm³/mol. The van der Waals surface area contributed by atoms with Gasteiger partial charge in [-0.1, -0.05) is 15.9 Å². The fourth-order valence-electron chi connectivity index (χ4n) is 2.20. The number of hydrogen-bond acceptors (Lipinski definition) is 4. The van der Waals surface area contributed by atoms with Gasteiger partial charge in [0, 0.05) is 29.1 Å². The molecule has 1 aliphatic heterocycles. The lowest BCUT2D eigenvalue weighted by Gasteiger charge is -2.09. The molecule has 2 heterocycles. The number of amides is 1. The quantitative estimate of drug-likeness (QED) is 0.793. The Hall–Kier alpha value is -2.02. The maximum absolute atomic E-state index is 11.9. The normalized spacial score (nSPS) is 12.8. The molecule has 1 aromatic carbocycles. The van der Waals surface area contributed by atoms with Crippen molar-refractivity contribution in [1.82, 2.24) is 15.5 Å². The molecule has 4 N–H and O–H groups in total. The van der Waals surface area contributed by atoms with Crippen LogP contribution in [0.15, 0.2) is 22.7 Å².